The number of amides is 1. The Hall–Kier alpha value is -3.06. The van der Waals surface area contributed by atoms with Crippen LogP contribution in [0.25, 0.3) is 0 Å². The number of Topliss-reactive ketones (excluding diaryl/α,β-unsaturated/α-hetero) is 1. The van der Waals surface area contributed by atoms with Crippen molar-refractivity contribution in [2.45, 2.75) is 31.7 Å². The molecule has 1 amide bonds. The molecule has 4 aliphatic heterocycles. The first-order chi connectivity index (χ1) is 15.7. The molecule has 0 saturated carbocycles. The number of carbonyl (C=O) groups excluding carboxylic acids is 2. The van der Waals surface area contributed by atoms with Crippen LogP contribution in [0.5, 0.6) is 0 Å². The molecule has 2 saturated heterocycles. The zero-order chi connectivity index (χ0) is 21.9. The fraction of sp³-hybridized carbons (Fsp3) is 0.440. The van der Waals surface area contributed by atoms with E-state index in [0.29, 0.717) is 36.7 Å². The number of rotatable bonds is 6. The molecule has 4 heterocycles. The van der Waals surface area contributed by atoms with Crippen molar-refractivity contribution in [1.82, 2.24) is 10.2 Å². The van der Waals surface area contributed by atoms with Gasteiger partial charge in [0.15, 0.2) is 0 Å². The van der Waals surface area contributed by atoms with Gasteiger partial charge in [0.25, 0.3) is 0 Å². The molecule has 2 fully saturated rings. The summed E-state index contributed by atoms with van der Waals surface area (Å²) in [6.45, 7) is 3.35. The molecule has 0 spiro atoms. The van der Waals surface area contributed by atoms with Crippen LogP contribution in [0.3, 0.4) is 0 Å². The molecule has 7 nitrogen and oxygen atoms in total. The number of likely N-dealkylation sites (tertiary alicyclic amines) is 1. The maximum atomic E-state index is 13.3. The van der Waals surface area contributed by atoms with Crippen molar-refractivity contribution in [1.29, 1.82) is 0 Å². The van der Waals surface area contributed by atoms with Gasteiger partial charge in [-0.05, 0) is 31.3 Å². The smallest absolute Gasteiger partial charge is 0.220 e. The van der Waals surface area contributed by atoms with Gasteiger partial charge in [-0.25, -0.2) is 0 Å². The number of hydrogen-bond acceptors (Lipinski definition) is 6. The van der Waals surface area contributed by atoms with Crippen LogP contribution >= 0.6 is 0 Å². The van der Waals surface area contributed by atoms with Gasteiger partial charge in [-0.15, -0.1) is 0 Å². The predicted octanol–water partition coefficient (Wildman–Crippen LogP) is 2.55. The second-order valence-electron chi connectivity index (χ2n) is 8.77. The fourth-order valence-corrected chi connectivity index (χ4v) is 4.87. The number of ketones is 1. The van der Waals surface area contributed by atoms with Crippen LogP contribution in [0.1, 0.15) is 36.0 Å². The summed E-state index contributed by atoms with van der Waals surface area (Å²) in [4.78, 5) is 37.2. The molecule has 0 radical (unpaired) electrons. The lowest BCUT2D eigenvalue weighted by Crippen LogP contribution is -2.40. The van der Waals surface area contributed by atoms with Crippen LogP contribution in [-0.2, 0) is 9.53 Å². The van der Waals surface area contributed by atoms with Crippen LogP contribution in [0.2, 0.25) is 0 Å². The summed E-state index contributed by atoms with van der Waals surface area (Å²) in [6.07, 6.45) is 7.06. The number of hydrogen-bond donors (Lipinski definition) is 1. The maximum Gasteiger partial charge on any atom is 0.220 e. The number of nitrogens with zero attached hydrogens (tertiary/aromatic N) is 3. The summed E-state index contributed by atoms with van der Waals surface area (Å²) >= 11 is 0. The molecule has 0 bridgehead atoms. The van der Waals surface area contributed by atoms with Crippen molar-refractivity contribution in [3.05, 3.63) is 59.4 Å². The molecule has 32 heavy (non-hydrogen) atoms. The van der Waals surface area contributed by atoms with Crippen molar-refractivity contribution in [3.63, 3.8) is 0 Å². The quantitative estimate of drug-likeness (QED) is 0.701. The monoisotopic (exact) mass is 432 g/mol. The number of nitrogens with one attached hydrogen (secondary N) is 1. The van der Waals surface area contributed by atoms with Gasteiger partial charge in [0.2, 0.25) is 11.7 Å². The Morgan fingerprint density at radius 2 is 1.94 bits per heavy atom. The fourth-order valence-electron chi connectivity index (χ4n) is 4.87. The molecule has 1 aromatic rings. The van der Waals surface area contributed by atoms with Crippen LogP contribution in [-0.4, -0.2) is 66.9 Å². The van der Waals surface area contributed by atoms with Crippen molar-refractivity contribution in [3.8, 4) is 0 Å². The van der Waals surface area contributed by atoms with Gasteiger partial charge in [-0.1, -0.05) is 30.3 Å². The van der Waals surface area contributed by atoms with Crippen molar-refractivity contribution >= 4 is 23.1 Å². The zero-order valence-corrected chi connectivity index (χ0v) is 18.1. The third-order valence-electron chi connectivity index (χ3n) is 6.58. The average molecular weight is 433 g/mol. The minimum Gasteiger partial charge on any atom is -0.381 e. The minimum atomic E-state index is -0.0700. The van der Waals surface area contributed by atoms with Gasteiger partial charge in [-0.2, -0.15) is 0 Å². The number of aliphatic imine (C=N–C) groups is 2. The highest BCUT2D eigenvalue weighted by Crippen LogP contribution is 2.28. The molecular weight excluding hydrogens is 404 g/mol. The second kappa shape index (κ2) is 9.20. The summed E-state index contributed by atoms with van der Waals surface area (Å²) in [5.41, 5.74) is 3.85. The lowest BCUT2D eigenvalue weighted by Gasteiger charge is -2.28. The average Bonchev–Trinajstić information content (AvgIpc) is 3.48. The van der Waals surface area contributed by atoms with Gasteiger partial charge in [0.05, 0.1) is 18.0 Å². The van der Waals surface area contributed by atoms with Crippen molar-refractivity contribution in [2.75, 3.05) is 32.8 Å². The van der Waals surface area contributed by atoms with Crippen molar-refractivity contribution in [2.24, 2.45) is 15.9 Å². The van der Waals surface area contributed by atoms with Crippen LogP contribution < -0.4 is 5.32 Å². The first-order valence-electron chi connectivity index (χ1n) is 11.4. The van der Waals surface area contributed by atoms with Gasteiger partial charge in [-0.3, -0.25) is 19.6 Å². The summed E-state index contributed by atoms with van der Waals surface area (Å²) in [5.74, 6) is 0.455. The molecule has 0 aromatic heterocycles. The SMILES string of the molecule is O=C(CC1CCOCC1)NC1CCN(C2=C3C=CN=C3CN=C2C(=O)c2ccccc2)C1. The molecule has 4 aliphatic rings. The van der Waals surface area contributed by atoms with Crippen LogP contribution in [0.4, 0.5) is 0 Å². The molecular formula is C25H28N4O3. The van der Waals surface area contributed by atoms with E-state index >= 15 is 0 Å². The second-order valence-corrected chi connectivity index (χ2v) is 8.77. The maximum absolute atomic E-state index is 13.3. The Balaban J connectivity index is 1.30. The largest absolute Gasteiger partial charge is 0.381 e. The lowest BCUT2D eigenvalue weighted by atomic mass is 9.96. The van der Waals surface area contributed by atoms with E-state index in [0.717, 1.165) is 56.0 Å². The van der Waals surface area contributed by atoms with Gasteiger partial charge in [0.1, 0.15) is 5.71 Å². The number of carbonyl (C=O) groups is 2. The summed E-state index contributed by atoms with van der Waals surface area (Å²) in [7, 11) is 0. The summed E-state index contributed by atoms with van der Waals surface area (Å²) in [5, 5.41) is 3.21. The molecule has 5 rings (SSSR count). The highest BCUT2D eigenvalue weighted by atomic mass is 16.5. The highest BCUT2D eigenvalue weighted by molar-refractivity contribution is 6.52. The number of benzene rings is 1. The van der Waals surface area contributed by atoms with E-state index < -0.39 is 0 Å². The molecule has 1 aromatic carbocycles. The molecule has 1 unspecified atom stereocenters. The molecule has 166 valence electrons. The predicted molar refractivity (Wildman–Crippen MR) is 123 cm³/mol. The minimum absolute atomic E-state index is 0.0659. The Morgan fingerprint density at radius 3 is 2.75 bits per heavy atom. The van der Waals surface area contributed by atoms with Gasteiger partial charge >= 0.3 is 0 Å². The normalized spacial score (nSPS) is 23.1. The Kier molecular flexibility index (Phi) is 5.99. The highest BCUT2D eigenvalue weighted by Gasteiger charge is 2.35. The Morgan fingerprint density at radius 1 is 1.12 bits per heavy atom. The number of allylic oxidation sites excluding steroid dienone is 2. The van der Waals surface area contributed by atoms with E-state index in [9.17, 15) is 9.59 Å². The van der Waals surface area contributed by atoms with E-state index in [1.165, 1.54) is 0 Å². The Bertz CT molecular complexity index is 1020. The molecule has 1 atom stereocenters. The topological polar surface area (TPSA) is 83.4 Å². The summed E-state index contributed by atoms with van der Waals surface area (Å²) in [6, 6.07) is 9.35. The number of fused-ring (bicyclic) bond motifs is 1. The standard InChI is InChI=1S/C25H28N4O3/c30-22(14-17-8-12-32-13-9-17)28-19-7-11-29(16-19)24-20-6-10-26-21(20)15-27-23(24)25(31)18-4-2-1-3-5-18/h1-6,10,17,19H,7-9,11-16H2,(H,28,30). The van der Waals surface area contributed by atoms with E-state index in [1.54, 1.807) is 6.20 Å². The lowest BCUT2D eigenvalue weighted by molar-refractivity contribution is -0.123. The molecule has 0 aliphatic carbocycles. The van der Waals surface area contributed by atoms with Gasteiger partial charge in [0, 0.05) is 56.1 Å². The third kappa shape index (κ3) is 4.30. The molecule has 1 N–H and O–H groups in total. The first kappa shape index (κ1) is 20.8. The first-order valence-corrected chi connectivity index (χ1v) is 11.4. The van der Waals surface area contributed by atoms with Crippen LogP contribution in [0, 0.1) is 5.92 Å². The van der Waals surface area contributed by atoms with Gasteiger partial charge < -0.3 is 15.0 Å². The Labute approximate surface area is 187 Å². The zero-order valence-electron chi connectivity index (χ0n) is 18.1. The summed E-state index contributed by atoms with van der Waals surface area (Å²) < 4.78 is 5.39. The van der Waals surface area contributed by atoms with E-state index in [4.69, 9.17) is 4.74 Å². The van der Waals surface area contributed by atoms with E-state index in [2.05, 4.69) is 20.2 Å². The van der Waals surface area contributed by atoms with E-state index in [1.807, 2.05) is 36.4 Å². The number of dihydropyridines is 1. The third-order valence-corrected chi connectivity index (χ3v) is 6.58. The van der Waals surface area contributed by atoms with Crippen LogP contribution in [0.15, 0.2) is 63.9 Å². The molecule has 7 heteroatoms. The number of ether oxygens (including phenoxy) is 1. The van der Waals surface area contributed by atoms with E-state index in [-0.39, 0.29) is 17.7 Å². The van der Waals surface area contributed by atoms with Crippen molar-refractivity contribution < 1.29 is 14.3 Å².